The molecule has 0 aliphatic heterocycles. The van der Waals surface area contributed by atoms with E-state index in [1.165, 1.54) is 5.56 Å². The number of thioether (sulfide) groups is 1. The van der Waals surface area contributed by atoms with E-state index in [9.17, 15) is 4.79 Å². The maximum absolute atomic E-state index is 12.5. The van der Waals surface area contributed by atoms with E-state index < -0.39 is 0 Å². The number of hydrogen-bond donors (Lipinski definition) is 1. The Bertz CT molecular complexity index is 917. The summed E-state index contributed by atoms with van der Waals surface area (Å²) in [6.07, 6.45) is 0. The van der Waals surface area contributed by atoms with Crippen molar-refractivity contribution in [2.24, 2.45) is 0 Å². The van der Waals surface area contributed by atoms with Crippen LogP contribution >= 0.6 is 11.8 Å². The lowest BCUT2D eigenvalue weighted by Gasteiger charge is -2.16. The van der Waals surface area contributed by atoms with Gasteiger partial charge in [0.2, 0.25) is 0 Å². The highest BCUT2D eigenvalue weighted by Gasteiger charge is 2.21. The zero-order chi connectivity index (χ0) is 17.3. The largest absolute Gasteiger partial charge is 0.398 e. The molecule has 1 heterocycles. The van der Waals surface area contributed by atoms with Crippen LogP contribution in [0.5, 0.6) is 0 Å². The first kappa shape index (κ1) is 16.5. The smallest absolute Gasteiger partial charge is 0.163 e. The second-order valence-corrected chi connectivity index (χ2v) is 7.02. The number of aromatic nitrogens is 1. The van der Waals surface area contributed by atoms with Crippen LogP contribution in [0.15, 0.2) is 47.5 Å². The van der Waals surface area contributed by atoms with Crippen LogP contribution in [0.1, 0.15) is 29.8 Å². The molecule has 0 saturated heterocycles. The Hall–Kier alpha value is -2.33. The van der Waals surface area contributed by atoms with Crippen molar-refractivity contribution in [1.82, 2.24) is 4.98 Å². The fourth-order valence-electron chi connectivity index (χ4n) is 2.90. The number of hydrogen-bond acceptors (Lipinski definition) is 4. The first-order chi connectivity index (χ1) is 11.5. The van der Waals surface area contributed by atoms with Crippen LogP contribution in [0.4, 0.5) is 5.69 Å². The highest BCUT2D eigenvalue weighted by atomic mass is 32.2. The molecular formula is C20H20N2OS. The predicted molar refractivity (Wildman–Crippen MR) is 103 cm³/mol. The molecule has 24 heavy (non-hydrogen) atoms. The number of benzene rings is 2. The zero-order valence-corrected chi connectivity index (χ0v) is 14.9. The summed E-state index contributed by atoms with van der Waals surface area (Å²) in [5, 5.41) is 1.63. The number of anilines is 1. The molecule has 0 atom stereocenters. The Morgan fingerprint density at radius 1 is 1.17 bits per heavy atom. The maximum Gasteiger partial charge on any atom is 0.163 e. The van der Waals surface area contributed by atoms with Crippen molar-refractivity contribution < 1.29 is 4.79 Å². The number of nitrogens with two attached hydrogens (primary N) is 1. The molecule has 4 heteroatoms. The van der Waals surface area contributed by atoms with Crippen LogP contribution in [0.2, 0.25) is 0 Å². The van der Waals surface area contributed by atoms with E-state index in [1.54, 1.807) is 18.7 Å². The number of Topliss-reactive ketones (excluding diaryl/α,β-unsaturated/α-hetero) is 1. The van der Waals surface area contributed by atoms with Crippen molar-refractivity contribution in [3.63, 3.8) is 0 Å². The van der Waals surface area contributed by atoms with Gasteiger partial charge in [-0.1, -0.05) is 42.8 Å². The number of carbonyl (C=O) groups excluding carboxylic acids is 1. The van der Waals surface area contributed by atoms with Gasteiger partial charge in [-0.2, -0.15) is 0 Å². The highest BCUT2D eigenvalue weighted by Crippen LogP contribution is 2.39. The maximum atomic E-state index is 12.5. The van der Waals surface area contributed by atoms with E-state index in [0.29, 0.717) is 11.3 Å². The van der Waals surface area contributed by atoms with Crippen LogP contribution in [0.3, 0.4) is 0 Å². The number of fused-ring (bicyclic) bond motifs is 1. The summed E-state index contributed by atoms with van der Waals surface area (Å²) in [4.78, 5) is 17.2. The molecule has 0 amide bonds. The highest BCUT2D eigenvalue weighted by molar-refractivity contribution is 7.99. The summed E-state index contributed by atoms with van der Waals surface area (Å²) in [5.41, 5.74) is 11.5. The molecule has 0 radical (unpaired) electrons. The zero-order valence-electron chi connectivity index (χ0n) is 14.1. The van der Waals surface area contributed by atoms with Crippen molar-refractivity contribution in [3.8, 4) is 11.1 Å². The van der Waals surface area contributed by atoms with E-state index in [4.69, 9.17) is 10.7 Å². The Balaban J connectivity index is 2.48. The molecule has 2 N–H and O–H groups in total. The number of nitrogen functional groups attached to an aromatic ring is 1. The lowest BCUT2D eigenvalue weighted by molar-refractivity contribution is 0.101. The second kappa shape index (κ2) is 6.65. The summed E-state index contributed by atoms with van der Waals surface area (Å²) in [7, 11) is 0. The average molecular weight is 336 g/mol. The van der Waals surface area contributed by atoms with Crippen molar-refractivity contribution in [3.05, 3.63) is 53.6 Å². The molecule has 3 rings (SSSR count). The van der Waals surface area contributed by atoms with Gasteiger partial charge in [-0.3, -0.25) is 4.79 Å². The number of pyridine rings is 1. The SMILES string of the molecule is CCSc1nc2cccc(N)c2c(-c2ccc(C)cc2)c1C(C)=O. The Morgan fingerprint density at radius 2 is 1.88 bits per heavy atom. The summed E-state index contributed by atoms with van der Waals surface area (Å²) < 4.78 is 0. The first-order valence-electron chi connectivity index (χ1n) is 7.96. The second-order valence-electron chi connectivity index (χ2n) is 5.76. The van der Waals surface area contributed by atoms with Gasteiger partial charge in [-0.25, -0.2) is 4.98 Å². The Morgan fingerprint density at radius 3 is 2.50 bits per heavy atom. The molecule has 0 spiro atoms. The lowest BCUT2D eigenvalue weighted by Crippen LogP contribution is -2.05. The minimum atomic E-state index is 0.0131. The average Bonchev–Trinajstić information content (AvgIpc) is 2.54. The number of ketones is 1. The summed E-state index contributed by atoms with van der Waals surface area (Å²) in [5.74, 6) is 0.869. The molecule has 0 bridgehead atoms. The Labute approximate surface area is 146 Å². The predicted octanol–water partition coefficient (Wildman–Crippen LogP) is 5.11. The van der Waals surface area contributed by atoms with Gasteiger partial charge in [-0.05, 0) is 37.3 Å². The number of carbonyl (C=O) groups is 1. The third kappa shape index (κ3) is 2.89. The fraction of sp³-hybridized carbons (Fsp3) is 0.200. The Kier molecular flexibility index (Phi) is 4.58. The van der Waals surface area contributed by atoms with Crippen LogP contribution in [-0.4, -0.2) is 16.5 Å². The molecule has 1 aromatic heterocycles. The minimum absolute atomic E-state index is 0.0131. The van der Waals surface area contributed by atoms with Crippen molar-refractivity contribution in [1.29, 1.82) is 0 Å². The monoisotopic (exact) mass is 336 g/mol. The van der Waals surface area contributed by atoms with E-state index in [1.807, 2.05) is 37.3 Å². The first-order valence-corrected chi connectivity index (χ1v) is 8.94. The van der Waals surface area contributed by atoms with Gasteiger partial charge in [0.05, 0.1) is 11.1 Å². The molecule has 0 saturated carbocycles. The lowest BCUT2D eigenvalue weighted by atomic mass is 9.93. The minimum Gasteiger partial charge on any atom is -0.398 e. The number of nitrogens with zero attached hydrogens (tertiary/aromatic N) is 1. The summed E-state index contributed by atoms with van der Waals surface area (Å²) in [6, 6.07) is 13.9. The normalized spacial score (nSPS) is 11.0. The van der Waals surface area contributed by atoms with Gasteiger partial charge < -0.3 is 5.73 Å². The van der Waals surface area contributed by atoms with Crippen LogP contribution in [0.25, 0.3) is 22.0 Å². The van der Waals surface area contributed by atoms with Crippen molar-refractivity contribution in [2.45, 2.75) is 25.8 Å². The van der Waals surface area contributed by atoms with Gasteiger partial charge >= 0.3 is 0 Å². The molecule has 0 unspecified atom stereocenters. The molecule has 0 fully saturated rings. The molecular weight excluding hydrogens is 316 g/mol. The van der Waals surface area contributed by atoms with E-state index in [-0.39, 0.29) is 5.78 Å². The third-order valence-corrected chi connectivity index (χ3v) is 4.84. The van der Waals surface area contributed by atoms with Crippen LogP contribution < -0.4 is 5.73 Å². The van der Waals surface area contributed by atoms with Gasteiger partial charge in [0.15, 0.2) is 5.78 Å². The summed E-state index contributed by atoms with van der Waals surface area (Å²) >= 11 is 1.59. The quantitative estimate of drug-likeness (QED) is 0.409. The van der Waals surface area contributed by atoms with E-state index in [0.717, 1.165) is 32.8 Å². The molecule has 0 aliphatic carbocycles. The molecule has 2 aromatic carbocycles. The van der Waals surface area contributed by atoms with E-state index in [2.05, 4.69) is 19.1 Å². The van der Waals surface area contributed by atoms with Crippen LogP contribution in [0, 0.1) is 6.92 Å². The molecule has 122 valence electrons. The van der Waals surface area contributed by atoms with Gasteiger partial charge in [0.1, 0.15) is 5.03 Å². The standard InChI is InChI=1S/C20H20N2OS/c1-4-24-20-17(13(3)23)18(14-10-8-12(2)9-11-14)19-15(21)6-5-7-16(19)22-20/h5-11H,4,21H2,1-3H3. The van der Waals surface area contributed by atoms with Crippen molar-refractivity contribution >= 4 is 34.1 Å². The van der Waals surface area contributed by atoms with Crippen molar-refractivity contribution in [2.75, 3.05) is 11.5 Å². The van der Waals surface area contributed by atoms with E-state index >= 15 is 0 Å². The van der Waals surface area contributed by atoms with Gasteiger partial charge in [-0.15, -0.1) is 11.8 Å². The number of rotatable bonds is 4. The van der Waals surface area contributed by atoms with Gasteiger partial charge in [0.25, 0.3) is 0 Å². The van der Waals surface area contributed by atoms with Gasteiger partial charge in [0, 0.05) is 16.6 Å². The van der Waals surface area contributed by atoms with Crippen LogP contribution in [-0.2, 0) is 0 Å². The molecule has 3 nitrogen and oxygen atoms in total. The topological polar surface area (TPSA) is 56.0 Å². The number of aryl methyl sites for hydroxylation is 1. The fourth-order valence-corrected chi connectivity index (χ4v) is 3.72. The molecule has 3 aromatic rings. The molecule has 0 aliphatic rings. The third-order valence-electron chi connectivity index (χ3n) is 3.98. The summed E-state index contributed by atoms with van der Waals surface area (Å²) in [6.45, 7) is 5.71.